The summed E-state index contributed by atoms with van der Waals surface area (Å²) in [7, 11) is 3.65. The van der Waals surface area contributed by atoms with Crippen LogP contribution < -0.4 is 10.1 Å². The topological polar surface area (TPSA) is 68.3 Å². The highest BCUT2D eigenvalue weighted by Crippen LogP contribution is 2.27. The molecule has 2 heterocycles. The molecule has 26 heavy (non-hydrogen) atoms. The van der Waals surface area contributed by atoms with E-state index in [0.29, 0.717) is 29.5 Å². The Hall–Kier alpha value is -1.38. The van der Waals surface area contributed by atoms with Crippen LogP contribution in [0.1, 0.15) is 0 Å². The first-order valence-electron chi connectivity index (χ1n) is 8.92. The van der Waals surface area contributed by atoms with Crippen molar-refractivity contribution in [2.24, 2.45) is 0 Å². The van der Waals surface area contributed by atoms with Crippen LogP contribution in [-0.2, 0) is 4.79 Å². The van der Waals surface area contributed by atoms with Gasteiger partial charge in [0.2, 0.25) is 5.91 Å². The molecule has 2 aliphatic rings. The van der Waals surface area contributed by atoms with E-state index in [0.717, 1.165) is 26.2 Å². The fourth-order valence-electron chi connectivity index (χ4n) is 3.63. The molecule has 0 saturated carbocycles. The van der Waals surface area contributed by atoms with Crippen LogP contribution in [0.15, 0.2) is 18.2 Å². The lowest BCUT2D eigenvalue weighted by Crippen LogP contribution is -2.52. The molecule has 0 unspecified atom stereocenters. The number of methoxy groups -OCH3 is 1. The maximum absolute atomic E-state index is 12.4. The minimum absolute atomic E-state index is 0.104. The first-order valence-corrected chi connectivity index (χ1v) is 9.30. The Morgan fingerprint density at radius 2 is 2.04 bits per heavy atom. The van der Waals surface area contributed by atoms with Crippen molar-refractivity contribution in [3.05, 3.63) is 23.2 Å². The maximum Gasteiger partial charge on any atom is 0.238 e. The molecule has 2 saturated heterocycles. The number of piperazine rings is 1. The zero-order chi connectivity index (χ0) is 18.7. The quantitative estimate of drug-likeness (QED) is 0.776. The minimum atomic E-state index is -0.415. The van der Waals surface area contributed by atoms with Gasteiger partial charge in [0.25, 0.3) is 0 Å². The number of hydrogen-bond donors (Lipinski definition) is 2. The van der Waals surface area contributed by atoms with Crippen LogP contribution in [0.3, 0.4) is 0 Å². The average molecular weight is 383 g/mol. The summed E-state index contributed by atoms with van der Waals surface area (Å²) < 4.78 is 5.17. The molecule has 0 aromatic heterocycles. The predicted octanol–water partition coefficient (Wildman–Crippen LogP) is 0.580. The Labute approximate surface area is 159 Å². The number of amides is 1. The van der Waals surface area contributed by atoms with E-state index in [9.17, 15) is 9.90 Å². The molecule has 8 heteroatoms. The number of likely N-dealkylation sites (N-methyl/N-ethyl adjacent to an activating group) is 1. The number of nitrogens with one attached hydrogen (secondary N) is 1. The first-order chi connectivity index (χ1) is 12.5. The van der Waals surface area contributed by atoms with Crippen molar-refractivity contribution in [2.45, 2.75) is 12.1 Å². The molecule has 2 fully saturated rings. The smallest absolute Gasteiger partial charge is 0.238 e. The lowest BCUT2D eigenvalue weighted by Gasteiger charge is -2.37. The van der Waals surface area contributed by atoms with Gasteiger partial charge in [-0.05, 0) is 19.2 Å². The second kappa shape index (κ2) is 8.54. The highest BCUT2D eigenvalue weighted by atomic mass is 35.5. The van der Waals surface area contributed by atoms with E-state index in [1.165, 1.54) is 7.11 Å². The van der Waals surface area contributed by atoms with Crippen molar-refractivity contribution < 1.29 is 14.6 Å². The fraction of sp³-hybridized carbons (Fsp3) is 0.611. The number of likely N-dealkylation sites (tertiary alicyclic amines) is 1. The van der Waals surface area contributed by atoms with Gasteiger partial charge in [0.05, 0.1) is 24.8 Å². The largest absolute Gasteiger partial charge is 0.495 e. The number of ether oxygens (including phenoxy) is 1. The van der Waals surface area contributed by atoms with E-state index in [1.54, 1.807) is 18.2 Å². The van der Waals surface area contributed by atoms with E-state index >= 15 is 0 Å². The number of hydrogen-bond acceptors (Lipinski definition) is 6. The molecule has 1 amide bonds. The molecule has 0 bridgehead atoms. The molecule has 0 spiro atoms. The van der Waals surface area contributed by atoms with Crippen molar-refractivity contribution >= 4 is 23.2 Å². The van der Waals surface area contributed by atoms with E-state index in [4.69, 9.17) is 16.3 Å². The van der Waals surface area contributed by atoms with Crippen LogP contribution in [0.5, 0.6) is 5.75 Å². The average Bonchev–Trinajstić information content (AvgIpc) is 2.97. The Bertz CT molecular complexity index is 637. The number of benzene rings is 1. The second-order valence-corrected chi connectivity index (χ2v) is 7.47. The number of β-amino-alcohol motifs (C(OH)–C–C–N with tert-alkyl or cyclic N) is 1. The second-order valence-electron chi connectivity index (χ2n) is 7.07. The molecule has 144 valence electrons. The van der Waals surface area contributed by atoms with Crippen LogP contribution in [0.4, 0.5) is 5.69 Å². The third kappa shape index (κ3) is 4.66. The fourth-order valence-corrected chi connectivity index (χ4v) is 3.82. The highest BCUT2D eigenvalue weighted by Gasteiger charge is 2.36. The van der Waals surface area contributed by atoms with Gasteiger partial charge in [-0.15, -0.1) is 0 Å². The molecule has 3 rings (SSSR count). The standard InChI is InChI=1S/C18H27ClN4O3/c1-21-5-7-23(8-6-21)15-10-22(11-16(15)24)12-18(25)20-13-3-4-14(19)17(9-13)26-2/h3-4,9,15-16,24H,5-8,10-12H2,1-2H3,(H,20,25)/t15-,16-/m0/s1. The van der Waals surface area contributed by atoms with Gasteiger partial charge in [0.1, 0.15) is 5.75 Å². The van der Waals surface area contributed by atoms with E-state index in [1.807, 2.05) is 4.90 Å². The van der Waals surface area contributed by atoms with Gasteiger partial charge in [0, 0.05) is 57.1 Å². The van der Waals surface area contributed by atoms with Gasteiger partial charge in [-0.2, -0.15) is 0 Å². The third-order valence-corrected chi connectivity index (χ3v) is 5.46. The van der Waals surface area contributed by atoms with Crippen LogP contribution in [-0.4, -0.2) is 97.8 Å². The van der Waals surface area contributed by atoms with Crippen molar-refractivity contribution in [2.75, 3.05) is 65.3 Å². The Kier molecular flexibility index (Phi) is 6.37. The van der Waals surface area contributed by atoms with E-state index in [2.05, 4.69) is 22.2 Å². The molecular formula is C18H27ClN4O3. The summed E-state index contributed by atoms with van der Waals surface area (Å²) in [6.45, 7) is 5.44. The maximum atomic E-state index is 12.4. The molecule has 1 aromatic carbocycles. The summed E-state index contributed by atoms with van der Waals surface area (Å²) in [5.74, 6) is 0.414. The predicted molar refractivity (Wildman–Crippen MR) is 102 cm³/mol. The zero-order valence-electron chi connectivity index (χ0n) is 15.3. The number of nitrogens with zero attached hydrogens (tertiary/aromatic N) is 3. The summed E-state index contributed by atoms with van der Waals surface area (Å²) in [5, 5.41) is 13.8. The molecule has 0 aliphatic carbocycles. The number of aliphatic hydroxyl groups excluding tert-OH is 1. The molecule has 2 N–H and O–H groups in total. The van der Waals surface area contributed by atoms with Crippen molar-refractivity contribution in [3.8, 4) is 5.75 Å². The summed E-state index contributed by atoms with van der Waals surface area (Å²) in [5.41, 5.74) is 0.645. The van der Waals surface area contributed by atoms with Gasteiger partial charge in [-0.25, -0.2) is 0 Å². The molecule has 0 radical (unpaired) electrons. The van der Waals surface area contributed by atoms with Crippen molar-refractivity contribution in [3.63, 3.8) is 0 Å². The van der Waals surface area contributed by atoms with Crippen LogP contribution in [0, 0.1) is 0 Å². The number of halogens is 1. The van der Waals surface area contributed by atoms with Crippen molar-refractivity contribution in [1.82, 2.24) is 14.7 Å². The first kappa shape index (κ1) is 19.4. The van der Waals surface area contributed by atoms with Crippen molar-refractivity contribution in [1.29, 1.82) is 0 Å². The van der Waals surface area contributed by atoms with E-state index in [-0.39, 0.29) is 18.5 Å². The van der Waals surface area contributed by atoms with Gasteiger partial charge < -0.3 is 20.1 Å². The number of aliphatic hydroxyl groups is 1. The lowest BCUT2D eigenvalue weighted by molar-refractivity contribution is -0.117. The molecule has 1 aromatic rings. The van der Waals surface area contributed by atoms with Crippen LogP contribution >= 0.6 is 11.6 Å². The third-order valence-electron chi connectivity index (χ3n) is 5.14. The van der Waals surface area contributed by atoms with Crippen LogP contribution in [0.25, 0.3) is 0 Å². The van der Waals surface area contributed by atoms with Gasteiger partial charge in [-0.1, -0.05) is 11.6 Å². The summed E-state index contributed by atoms with van der Waals surface area (Å²) in [6, 6.07) is 5.24. The summed E-state index contributed by atoms with van der Waals surface area (Å²) in [6.07, 6.45) is -0.415. The Morgan fingerprint density at radius 1 is 1.31 bits per heavy atom. The lowest BCUT2D eigenvalue weighted by atomic mass is 10.1. The van der Waals surface area contributed by atoms with E-state index < -0.39 is 6.10 Å². The summed E-state index contributed by atoms with van der Waals surface area (Å²) in [4.78, 5) is 19.0. The Morgan fingerprint density at radius 3 is 2.73 bits per heavy atom. The molecule has 2 atom stereocenters. The number of rotatable bonds is 5. The monoisotopic (exact) mass is 382 g/mol. The molecule has 7 nitrogen and oxygen atoms in total. The zero-order valence-corrected chi connectivity index (χ0v) is 16.1. The van der Waals surface area contributed by atoms with Gasteiger partial charge >= 0.3 is 0 Å². The van der Waals surface area contributed by atoms with Gasteiger partial charge in [0.15, 0.2) is 0 Å². The number of carbonyl (C=O) groups is 1. The van der Waals surface area contributed by atoms with Crippen LogP contribution in [0.2, 0.25) is 5.02 Å². The van der Waals surface area contributed by atoms with Gasteiger partial charge in [-0.3, -0.25) is 14.6 Å². The number of carbonyl (C=O) groups excluding carboxylic acids is 1. The SMILES string of the molecule is COc1cc(NC(=O)CN2C[C@H](O)[C@@H](N3CCN(C)CC3)C2)ccc1Cl. The summed E-state index contributed by atoms with van der Waals surface area (Å²) >= 11 is 6.00. The molecule has 2 aliphatic heterocycles. The number of anilines is 1. The molecular weight excluding hydrogens is 356 g/mol. The normalized spacial score (nSPS) is 25.4. The minimum Gasteiger partial charge on any atom is -0.495 e. The highest BCUT2D eigenvalue weighted by molar-refractivity contribution is 6.32. The Balaban J connectivity index is 1.52.